The van der Waals surface area contributed by atoms with E-state index in [2.05, 4.69) is 12.2 Å². The standard InChI is InChI=1S/C12H24N2O/c1-3-10(8-13)12(15)14-9(2)11-6-4-5-7-11/h9-11H,3-8,13H2,1-2H3,(H,14,15)/t9-,10?/m1/s1. The minimum absolute atomic E-state index is 0.00569. The molecule has 0 heterocycles. The summed E-state index contributed by atoms with van der Waals surface area (Å²) in [5, 5.41) is 3.10. The Kier molecular flexibility index (Phi) is 5.09. The largest absolute Gasteiger partial charge is 0.353 e. The second-order valence-corrected chi connectivity index (χ2v) is 4.68. The number of nitrogens with two attached hydrogens (primary N) is 1. The molecule has 1 aliphatic carbocycles. The van der Waals surface area contributed by atoms with Crippen LogP contribution in [0.1, 0.15) is 46.0 Å². The van der Waals surface area contributed by atoms with Gasteiger partial charge in [0.1, 0.15) is 0 Å². The van der Waals surface area contributed by atoms with E-state index in [1.807, 2.05) is 6.92 Å². The van der Waals surface area contributed by atoms with E-state index in [4.69, 9.17) is 5.73 Å². The molecular weight excluding hydrogens is 188 g/mol. The third-order valence-electron chi connectivity index (χ3n) is 3.62. The highest BCUT2D eigenvalue weighted by Gasteiger charge is 2.24. The lowest BCUT2D eigenvalue weighted by molar-refractivity contribution is -0.125. The maximum absolute atomic E-state index is 11.8. The van der Waals surface area contributed by atoms with Crippen molar-refractivity contribution < 1.29 is 4.79 Å². The summed E-state index contributed by atoms with van der Waals surface area (Å²) >= 11 is 0. The molecule has 3 N–H and O–H groups in total. The van der Waals surface area contributed by atoms with Crippen molar-refractivity contribution in [3.63, 3.8) is 0 Å². The van der Waals surface area contributed by atoms with Crippen molar-refractivity contribution in [3.05, 3.63) is 0 Å². The summed E-state index contributed by atoms with van der Waals surface area (Å²) in [6.07, 6.45) is 6.00. The fourth-order valence-corrected chi connectivity index (χ4v) is 2.38. The fourth-order valence-electron chi connectivity index (χ4n) is 2.38. The molecule has 0 aliphatic heterocycles. The van der Waals surface area contributed by atoms with Crippen molar-refractivity contribution in [3.8, 4) is 0 Å². The first-order chi connectivity index (χ1) is 7.19. The average molecular weight is 212 g/mol. The molecule has 3 nitrogen and oxygen atoms in total. The second kappa shape index (κ2) is 6.11. The van der Waals surface area contributed by atoms with Crippen molar-refractivity contribution in [1.29, 1.82) is 0 Å². The van der Waals surface area contributed by atoms with Crippen LogP contribution in [0, 0.1) is 11.8 Å². The molecule has 2 atom stereocenters. The lowest BCUT2D eigenvalue weighted by atomic mass is 9.98. The van der Waals surface area contributed by atoms with Crippen LogP contribution in [0.25, 0.3) is 0 Å². The second-order valence-electron chi connectivity index (χ2n) is 4.68. The smallest absolute Gasteiger partial charge is 0.224 e. The Balaban J connectivity index is 2.35. The first kappa shape index (κ1) is 12.5. The van der Waals surface area contributed by atoms with Crippen molar-refractivity contribution in [2.45, 2.75) is 52.0 Å². The highest BCUT2D eigenvalue weighted by atomic mass is 16.1. The lowest BCUT2D eigenvalue weighted by Gasteiger charge is -2.22. The molecule has 1 amide bonds. The van der Waals surface area contributed by atoms with Crippen LogP contribution in [0.5, 0.6) is 0 Å². The number of carbonyl (C=O) groups excluding carboxylic acids is 1. The maximum Gasteiger partial charge on any atom is 0.224 e. The summed E-state index contributed by atoms with van der Waals surface area (Å²) in [5.74, 6) is 0.817. The Bertz CT molecular complexity index is 196. The van der Waals surface area contributed by atoms with Crippen LogP contribution in [0.4, 0.5) is 0 Å². The summed E-state index contributed by atoms with van der Waals surface area (Å²) < 4.78 is 0. The summed E-state index contributed by atoms with van der Waals surface area (Å²) in [7, 11) is 0. The van der Waals surface area contributed by atoms with Gasteiger partial charge in [0.2, 0.25) is 5.91 Å². The normalized spacial score (nSPS) is 21.3. The molecule has 1 unspecified atom stereocenters. The van der Waals surface area contributed by atoms with Crippen molar-refractivity contribution in [2.24, 2.45) is 17.6 Å². The Hall–Kier alpha value is -0.570. The number of nitrogens with one attached hydrogen (secondary N) is 1. The number of carbonyl (C=O) groups is 1. The topological polar surface area (TPSA) is 55.1 Å². The molecule has 88 valence electrons. The molecule has 0 aromatic carbocycles. The van der Waals surface area contributed by atoms with E-state index in [9.17, 15) is 4.79 Å². The molecule has 1 fully saturated rings. The number of amides is 1. The monoisotopic (exact) mass is 212 g/mol. The van der Waals surface area contributed by atoms with Gasteiger partial charge in [-0.05, 0) is 32.1 Å². The minimum atomic E-state index is -0.00569. The van der Waals surface area contributed by atoms with E-state index in [0.29, 0.717) is 18.5 Å². The van der Waals surface area contributed by atoms with Gasteiger partial charge < -0.3 is 11.1 Å². The van der Waals surface area contributed by atoms with Crippen LogP contribution >= 0.6 is 0 Å². The summed E-state index contributed by atoms with van der Waals surface area (Å²) in [6.45, 7) is 4.59. The van der Waals surface area contributed by atoms with Gasteiger partial charge in [-0.1, -0.05) is 19.8 Å². The van der Waals surface area contributed by atoms with Gasteiger partial charge in [-0.2, -0.15) is 0 Å². The summed E-state index contributed by atoms with van der Waals surface area (Å²) in [5.41, 5.74) is 5.55. The third-order valence-corrected chi connectivity index (χ3v) is 3.62. The van der Waals surface area contributed by atoms with E-state index in [1.165, 1.54) is 25.7 Å². The molecule has 0 saturated heterocycles. The summed E-state index contributed by atoms with van der Waals surface area (Å²) in [4.78, 5) is 11.8. The number of hydrogen-bond acceptors (Lipinski definition) is 2. The highest BCUT2D eigenvalue weighted by molar-refractivity contribution is 5.79. The van der Waals surface area contributed by atoms with Gasteiger partial charge in [-0.15, -0.1) is 0 Å². The van der Waals surface area contributed by atoms with E-state index in [-0.39, 0.29) is 11.8 Å². The van der Waals surface area contributed by atoms with Crippen molar-refractivity contribution in [2.75, 3.05) is 6.54 Å². The van der Waals surface area contributed by atoms with E-state index in [0.717, 1.165) is 6.42 Å². The predicted octanol–water partition coefficient (Wildman–Crippen LogP) is 1.67. The Labute approximate surface area is 92.8 Å². The predicted molar refractivity (Wildman–Crippen MR) is 62.4 cm³/mol. The van der Waals surface area contributed by atoms with Crippen LogP contribution in [0.2, 0.25) is 0 Å². The van der Waals surface area contributed by atoms with Crippen LogP contribution in [-0.2, 0) is 4.79 Å². The Morgan fingerprint density at radius 1 is 1.47 bits per heavy atom. The molecule has 0 aromatic heterocycles. The van der Waals surface area contributed by atoms with Gasteiger partial charge in [-0.3, -0.25) is 4.79 Å². The molecule has 0 spiro atoms. The Morgan fingerprint density at radius 2 is 2.07 bits per heavy atom. The van der Waals surface area contributed by atoms with E-state index >= 15 is 0 Å². The molecule has 0 bridgehead atoms. The minimum Gasteiger partial charge on any atom is -0.353 e. The van der Waals surface area contributed by atoms with Crippen molar-refractivity contribution in [1.82, 2.24) is 5.32 Å². The quantitative estimate of drug-likeness (QED) is 0.728. The van der Waals surface area contributed by atoms with Gasteiger partial charge >= 0.3 is 0 Å². The molecule has 1 rings (SSSR count). The molecule has 15 heavy (non-hydrogen) atoms. The Morgan fingerprint density at radius 3 is 2.53 bits per heavy atom. The average Bonchev–Trinajstić information content (AvgIpc) is 2.72. The molecule has 1 saturated carbocycles. The third kappa shape index (κ3) is 3.49. The van der Waals surface area contributed by atoms with Crippen LogP contribution in [-0.4, -0.2) is 18.5 Å². The van der Waals surface area contributed by atoms with E-state index in [1.54, 1.807) is 0 Å². The molecule has 0 radical (unpaired) electrons. The van der Waals surface area contributed by atoms with Crippen LogP contribution < -0.4 is 11.1 Å². The lowest BCUT2D eigenvalue weighted by Crippen LogP contribution is -2.42. The molecule has 0 aromatic rings. The SMILES string of the molecule is CCC(CN)C(=O)N[C@H](C)C1CCCC1. The first-order valence-corrected chi connectivity index (χ1v) is 6.19. The summed E-state index contributed by atoms with van der Waals surface area (Å²) in [6, 6.07) is 0.320. The molecule has 3 heteroatoms. The number of hydrogen-bond donors (Lipinski definition) is 2. The van der Waals surface area contributed by atoms with Crippen molar-refractivity contribution >= 4 is 5.91 Å². The highest BCUT2D eigenvalue weighted by Crippen LogP contribution is 2.27. The van der Waals surface area contributed by atoms with Gasteiger partial charge in [-0.25, -0.2) is 0 Å². The van der Waals surface area contributed by atoms with Gasteiger partial charge in [0, 0.05) is 18.5 Å². The van der Waals surface area contributed by atoms with Crippen LogP contribution in [0.3, 0.4) is 0 Å². The molecular formula is C12H24N2O. The number of rotatable bonds is 5. The van der Waals surface area contributed by atoms with Crippen LogP contribution in [0.15, 0.2) is 0 Å². The first-order valence-electron chi connectivity index (χ1n) is 6.19. The van der Waals surface area contributed by atoms with Gasteiger partial charge in [0.05, 0.1) is 0 Å². The van der Waals surface area contributed by atoms with E-state index < -0.39 is 0 Å². The maximum atomic E-state index is 11.8. The fraction of sp³-hybridized carbons (Fsp3) is 0.917. The zero-order valence-corrected chi connectivity index (χ0v) is 9.96. The molecule has 1 aliphatic rings. The van der Waals surface area contributed by atoms with Gasteiger partial charge in [0.25, 0.3) is 0 Å². The zero-order valence-electron chi connectivity index (χ0n) is 9.96. The zero-order chi connectivity index (χ0) is 11.3. The van der Waals surface area contributed by atoms with Gasteiger partial charge in [0.15, 0.2) is 0 Å².